The standard InChI is InChI=1S/C20H24N4O3/c25-19(21-9-6-16-4-2-1-3-5-16)17-14-18(23-15-22-17)24-10-7-20(8-11-24)26-12-13-27-20/h1-5,14-15H,6-13H2,(H,21,25). The molecular weight excluding hydrogens is 344 g/mol. The fraction of sp³-hybridized carbons (Fsp3) is 0.450. The summed E-state index contributed by atoms with van der Waals surface area (Å²) in [5.41, 5.74) is 1.58. The topological polar surface area (TPSA) is 76.6 Å². The zero-order valence-corrected chi connectivity index (χ0v) is 15.3. The van der Waals surface area contributed by atoms with Crippen LogP contribution in [0.5, 0.6) is 0 Å². The molecule has 0 saturated carbocycles. The molecule has 2 fully saturated rings. The van der Waals surface area contributed by atoms with E-state index in [1.54, 1.807) is 6.07 Å². The molecule has 0 unspecified atom stereocenters. The molecule has 0 aliphatic carbocycles. The van der Waals surface area contributed by atoms with Gasteiger partial charge in [-0.1, -0.05) is 30.3 Å². The highest BCUT2D eigenvalue weighted by molar-refractivity contribution is 5.92. The SMILES string of the molecule is O=C(NCCc1ccccc1)c1cc(N2CCC3(CC2)OCCO3)ncn1. The molecule has 1 aromatic carbocycles. The van der Waals surface area contributed by atoms with Crippen molar-refractivity contribution >= 4 is 11.7 Å². The maximum atomic E-state index is 12.4. The Balaban J connectivity index is 1.32. The van der Waals surface area contributed by atoms with Crippen molar-refractivity contribution in [1.29, 1.82) is 0 Å². The lowest BCUT2D eigenvalue weighted by molar-refractivity contribution is -0.169. The maximum Gasteiger partial charge on any atom is 0.270 e. The Bertz CT molecular complexity index is 768. The van der Waals surface area contributed by atoms with Crippen LogP contribution in [0, 0.1) is 0 Å². The molecule has 2 aliphatic rings. The van der Waals surface area contributed by atoms with Crippen molar-refractivity contribution in [3.63, 3.8) is 0 Å². The largest absolute Gasteiger partial charge is 0.356 e. The van der Waals surface area contributed by atoms with Crippen molar-refractivity contribution in [2.45, 2.75) is 25.0 Å². The first-order valence-corrected chi connectivity index (χ1v) is 9.41. The fourth-order valence-corrected chi connectivity index (χ4v) is 3.56. The van der Waals surface area contributed by atoms with Crippen LogP contribution in [-0.2, 0) is 15.9 Å². The van der Waals surface area contributed by atoms with Gasteiger partial charge in [0.25, 0.3) is 5.91 Å². The second-order valence-corrected chi connectivity index (χ2v) is 6.85. The Morgan fingerprint density at radius 2 is 1.85 bits per heavy atom. The number of benzene rings is 1. The van der Waals surface area contributed by atoms with Gasteiger partial charge < -0.3 is 19.7 Å². The van der Waals surface area contributed by atoms with Gasteiger partial charge in [0.2, 0.25) is 0 Å². The minimum atomic E-state index is -0.416. The van der Waals surface area contributed by atoms with Crippen LogP contribution in [-0.4, -0.2) is 54.5 Å². The summed E-state index contributed by atoms with van der Waals surface area (Å²) in [5.74, 6) is 0.179. The van der Waals surface area contributed by atoms with Gasteiger partial charge in [0.1, 0.15) is 17.8 Å². The lowest BCUT2D eigenvalue weighted by Crippen LogP contribution is -2.45. The van der Waals surface area contributed by atoms with E-state index >= 15 is 0 Å². The summed E-state index contributed by atoms with van der Waals surface area (Å²) < 4.78 is 11.5. The van der Waals surface area contributed by atoms with E-state index in [4.69, 9.17) is 9.47 Å². The zero-order chi connectivity index (χ0) is 18.5. The van der Waals surface area contributed by atoms with E-state index in [0.717, 1.165) is 38.2 Å². The predicted octanol–water partition coefficient (Wildman–Crippen LogP) is 1.79. The normalized spacial score (nSPS) is 18.6. The Morgan fingerprint density at radius 1 is 1.11 bits per heavy atom. The lowest BCUT2D eigenvalue weighted by Gasteiger charge is -2.38. The molecule has 7 heteroatoms. The van der Waals surface area contributed by atoms with E-state index < -0.39 is 5.79 Å². The lowest BCUT2D eigenvalue weighted by atomic mass is 10.0. The van der Waals surface area contributed by atoms with Crippen molar-refractivity contribution in [2.24, 2.45) is 0 Å². The summed E-state index contributed by atoms with van der Waals surface area (Å²) in [7, 11) is 0. The number of nitrogens with one attached hydrogen (secondary N) is 1. The van der Waals surface area contributed by atoms with Crippen molar-refractivity contribution < 1.29 is 14.3 Å². The van der Waals surface area contributed by atoms with Crippen molar-refractivity contribution in [1.82, 2.24) is 15.3 Å². The van der Waals surface area contributed by atoms with Gasteiger partial charge >= 0.3 is 0 Å². The molecule has 1 spiro atoms. The van der Waals surface area contributed by atoms with E-state index in [2.05, 4.69) is 32.3 Å². The van der Waals surface area contributed by atoms with Crippen LogP contribution >= 0.6 is 0 Å². The number of anilines is 1. The Hall–Kier alpha value is -2.51. The van der Waals surface area contributed by atoms with Crippen LogP contribution in [0.1, 0.15) is 28.9 Å². The molecule has 0 bridgehead atoms. The zero-order valence-electron chi connectivity index (χ0n) is 15.3. The summed E-state index contributed by atoms with van der Waals surface area (Å²) in [4.78, 5) is 23.0. The van der Waals surface area contributed by atoms with Crippen LogP contribution in [0.25, 0.3) is 0 Å². The van der Waals surface area contributed by atoms with Crippen LogP contribution < -0.4 is 10.2 Å². The van der Waals surface area contributed by atoms with Crippen LogP contribution in [0.4, 0.5) is 5.82 Å². The average Bonchev–Trinajstić information content (AvgIpc) is 3.17. The monoisotopic (exact) mass is 368 g/mol. The number of aromatic nitrogens is 2. The summed E-state index contributed by atoms with van der Waals surface area (Å²) in [6.07, 6.45) is 3.85. The van der Waals surface area contributed by atoms with Crippen molar-refractivity contribution in [2.75, 3.05) is 37.7 Å². The summed E-state index contributed by atoms with van der Waals surface area (Å²) in [6.45, 7) is 3.48. The summed E-state index contributed by atoms with van der Waals surface area (Å²) >= 11 is 0. The van der Waals surface area contributed by atoms with Gasteiger partial charge in [0.15, 0.2) is 5.79 Å². The minimum absolute atomic E-state index is 0.175. The highest BCUT2D eigenvalue weighted by Crippen LogP contribution is 2.32. The van der Waals surface area contributed by atoms with Crippen molar-refractivity contribution in [3.05, 3.63) is 54.0 Å². The van der Waals surface area contributed by atoms with E-state index in [1.165, 1.54) is 11.9 Å². The van der Waals surface area contributed by atoms with Crippen molar-refractivity contribution in [3.8, 4) is 0 Å². The molecule has 1 N–H and O–H groups in total. The first kappa shape index (κ1) is 17.9. The number of rotatable bonds is 5. The third-order valence-electron chi connectivity index (χ3n) is 5.09. The second-order valence-electron chi connectivity index (χ2n) is 6.85. The number of amides is 1. The molecule has 0 radical (unpaired) electrons. The first-order valence-electron chi connectivity index (χ1n) is 9.41. The van der Waals surface area contributed by atoms with Crippen LogP contribution in [0.15, 0.2) is 42.7 Å². The van der Waals surface area contributed by atoms with Gasteiger partial charge in [-0.2, -0.15) is 0 Å². The molecule has 2 saturated heterocycles. The van der Waals surface area contributed by atoms with E-state index in [9.17, 15) is 4.79 Å². The number of nitrogens with zero attached hydrogens (tertiary/aromatic N) is 3. The minimum Gasteiger partial charge on any atom is -0.356 e. The first-order chi connectivity index (χ1) is 13.2. The van der Waals surface area contributed by atoms with Crippen LogP contribution in [0.3, 0.4) is 0 Å². The summed E-state index contributed by atoms with van der Waals surface area (Å²) in [5, 5.41) is 2.93. The van der Waals surface area contributed by atoms with Gasteiger partial charge in [-0.05, 0) is 12.0 Å². The molecular formula is C20H24N4O3. The summed E-state index contributed by atoms with van der Waals surface area (Å²) in [6, 6.07) is 11.8. The Morgan fingerprint density at radius 3 is 2.59 bits per heavy atom. The van der Waals surface area contributed by atoms with E-state index in [-0.39, 0.29) is 5.91 Å². The molecule has 1 aromatic heterocycles. The third-order valence-corrected chi connectivity index (χ3v) is 5.09. The number of piperidine rings is 1. The quantitative estimate of drug-likeness (QED) is 0.867. The third kappa shape index (κ3) is 4.26. The van der Waals surface area contributed by atoms with Gasteiger partial charge in [-0.3, -0.25) is 4.79 Å². The maximum absolute atomic E-state index is 12.4. The Kier molecular flexibility index (Phi) is 5.31. The molecule has 7 nitrogen and oxygen atoms in total. The molecule has 27 heavy (non-hydrogen) atoms. The molecule has 2 aromatic rings. The number of ether oxygens (including phenoxy) is 2. The number of carbonyl (C=O) groups excluding carboxylic acids is 1. The van der Waals surface area contributed by atoms with Gasteiger partial charge in [0.05, 0.1) is 13.2 Å². The van der Waals surface area contributed by atoms with E-state index in [0.29, 0.717) is 25.5 Å². The Labute approximate surface area is 158 Å². The highest BCUT2D eigenvalue weighted by Gasteiger charge is 2.40. The predicted molar refractivity (Wildman–Crippen MR) is 101 cm³/mol. The highest BCUT2D eigenvalue weighted by atomic mass is 16.7. The number of carbonyl (C=O) groups is 1. The van der Waals surface area contributed by atoms with E-state index in [1.807, 2.05) is 18.2 Å². The van der Waals surface area contributed by atoms with Gasteiger partial charge in [-0.15, -0.1) is 0 Å². The molecule has 142 valence electrons. The number of hydrogen-bond acceptors (Lipinski definition) is 6. The molecule has 2 aliphatic heterocycles. The smallest absolute Gasteiger partial charge is 0.270 e. The second kappa shape index (κ2) is 8.02. The molecule has 4 rings (SSSR count). The fourth-order valence-electron chi connectivity index (χ4n) is 3.56. The average molecular weight is 368 g/mol. The van der Waals surface area contributed by atoms with Crippen LogP contribution in [0.2, 0.25) is 0 Å². The number of hydrogen-bond donors (Lipinski definition) is 1. The van der Waals surface area contributed by atoms with Gasteiger partial charge in [0, 0.05) is 38.5 Å². The molecule has 1 amide bonds. The molecule has 0 atom stereocenters. The molecule has 3 heterocycles. The van der Waals surface area contributed by atoms with Gasteiger partial charge in [-0.25, -0.2) is 9.97 Å².